The van der Waals surface area contributed by atoms with Crippen LogP contribution in [0.15, 0.2) is 18.2 Å². The highest BCUT2D eigenvalue weighted by molar-refractivity contribution is 5.38. The van der Waals surface area contributed by atoms with Crippen LogP contribution in [-0.4, -0.2) is 5.11 Å². The number of rotatable bonds is 2. The van der Waals surface area contributed by atoms with E-state index in [1.165, 1.54) is 11.5 Å². The van der Waals surface area contributed by atoms with Crippen molar-refractivity contribution in [2.24, 2.45) is 0 Å². The fourth-order valence-corrected chi connectivity index (χ4v) is 1.24. The lowest BCUT2D eigenvalue weighted by Gasteiger charge is -2.08. The molecule has 1 aromatic rings. The summed E-state index contributed by atoms with van der Waals surface area (Å²) < 4.78 is 0. The number of aromatic hydroxyl groups is 1. The van der Waals surface area contributed by atoms with Gasteiger partial charge in [-0.15, -0.1) is 0 Å². The van der Waals surface area contributed by atoms with Gasteiger partial charge in [0.2, 0.25) is 0 Å². The molecule has 1 heteroatoms. The Kier molecular flexibility index (Phi) is 2.74. The topological polar surface area (TPSA) is 20.2 Å². The van der Waals surface area contributed by atoms with E-state index in [0.29, 0.717) is 5.75 Å². The molecule has 0 unspecified atom stereocenters. The molecule has 1 radical (unpaired) electrons. The summed E-state index contributed by atoms with van der Waals surface area (Å²) in [6, 6.07) is 5.67. The Morgan fingerprint density at radius 3 is 2.58 bits per heavy atom. The molecule has 0 aliphatic carbocycles. The fourth-order valence-electron chi connectivity index (χ4n) is 1.24. The molecule has 0 aliphatic rings. The van der Waals surface area contributed by atoms with Gasteiger partial charge in [-0.25, -0.2) is 0 Å². The average Bonchev–Trinajstić information content (AvgIpc) is 1.98. The molecule has 0 atom stereocenters. The molecule has 1 N–H and O–H groups in total. The normalized spacial score (nSPS) is 10.7. The highest BCUT2D eigenvalue weighted by Crippen LogP contribution is 2.22. The van der Waals surface area contributed by atoms with E-state index in [-0.39, 0.29) is 0 Å². The van der Waals surface area contributed by atoms with Crippen LogP contribution in [0.1, 0.15) is 25.0 Å². The van der Waals surface area contributed by atoms with Crippen LogP contribution in [0.2, 0.25) is 0 Å². The summed E-state index contributed by atoms with van der Waals surface area (Å²) in [5.41, 5.74) is 2.22. The third kappa shape index (κ3) is 2.00. The second-order valence-corrected chi connectivity index (χ2v) is 3.45. The average molecular weight is 163 g/mol. The van der Waals surface area contributed by atoms with Crippen LogP contribution in [0, 0.1) is 12.8 Å². The standard InChI is InChI=1S/C11H15O/c1-8(2)7-10-5-4-6-11(12)9(10)3/h4-6,12H,7H2,1-3H3. The van der Waals surface area contributed by atoms with Crippen molar-refractivity contribution in [3.05, 3.63) is 35.2 Å². The lowest BCUT2D eigenvalue weighted by Crippen LogP contribution is -1.94. The highest BCUT2D eigenvalue weighted by atomic mass is 16.3. The van der Waals surface area contributed by atoms with Gasteiger partial charge in [0.1, 0.15) is 5.75 Å². The van der Waals surface area contributed by atoms with Crippen LogP contribution in [0.4, 0.5) is 0 Å². The van der Waals surface area contributed by atoms with E-state index in [9.17, 15) is 5.11 Å². The first-order valence-electron chi connectivity index (χ1n) is 4.17. The lowest BCUT2D eigenvalue weighted by atomic mass is 9.98. The SMILES string of the molecule is C[C](C)Cc1cccc(O)c1C. The number of phenolic OH excluding ortho intramolecular Hbond substituents is 1. The largest absolute Gasteiger partial charge is 0.508 e. The monoisotopic (exact) mass is 163 g/mol. The summed E-state index contributed by atoms with van der Waals surface area (Å²) in [6.07, 6.45) is 0.959. The Morgan fingerprint density at radius 1 is 1.33 bits per heavy atom. The maximum absolute atomic E-state index is 9.40. The van der Waals surface area contributed by atoms with Gasteiger partial charge < -0.3 is 5.11 Å². The summed E-state index contributed by atoms with van der Waals surface area (Å²) in [5.74, 6) is 1.76. The predicted molar refractivity (Wildman–Crippen MR) is 51.1 cm³/mol. The smallest absolute Gasteiger partial charge is 0.118 e. The lowest BCUT2D eigenvalue weighted by molar-refractivity contribution is 0.470. The van der Waals surface area contributed by atoms with Crippen molar-refractivity contribution in [1.82, 2.24) is 0 Å². The Labute approximate surface area is 74.1 Å². The molecule has 12 heavy (non-hydrogen) atoms. The molecule has 0 heterocycles. The van der Waals surface area contributed by atoms with E-state index in [0.717, 1.165) is 12.0 Å². The van der Waals surface area contributed by atoms with Gasteiger partial charge in [0, 0.05) is 0 Å². The van der Waals surface area contributed by atoms with Crippen LogP contribution in [0.3, 0.4) is 0 Å². The van der Waals surface area contributed by atoms with Crippen molar-refractivity contribution in [3.63, 3.8) is 0 Å². The Bertz CT molecular complexity index is 264. The summed E-state index contributed by atoms with van der Waals surface area (Å²) in [4.78, 5) is 0. The van der Waals surface area contributed by atoms with Gasteiger partial charge in [-0.05, 0) is 36.5 Å². The molecule has 1 aromatic carbocycles. The predicted octanol–water partition coefficient (Wildman–Crippen LogP) is 2.86. The van der Waals surface area contributed by atoms with Gasteiger partial charge in [0.15, 0.2) is 0 Å². The molecule has 0 aliphatic heterocycles. The Morgan fingerprint density at radius 2 is 2.00 bits per heavy atom. The van der Waals surface area contributed by atoms with Gasteiger partial charge in [-0.3, -0.25) is 0 Å². The van der Waals surface area contributed by atoms with Crippen molar-refractivity contribution < 1.29 is 5.11 Å². The number of hydrogen-bond donors (Lipinski definition) is 1. The minimum atomic E-state index is 0.397. The second kappa shape index (κ2) is 3.61. The van der Waals surface area contributed by atoms with E-state index in [1.54, 1.807) is 6.07 Å². The summed E-state index contributed by atoms with van der Waals surface area (Å²) in [6.45, 7) is 6.15. The minimum Gasteiger partial charge on any atom is -0.508 e. The van der Waals surface area contributed by atoms with E-state index in [2.05, 4.69) is 19.9 Å². The quantitative estimate of drug-likeness (QED) is 0.710. The molecule has 0 aromatic heterocycles. The molecular weight excluding hydrogens is 148 g/mol. The third-order valence-electron chi connectivity index (χ3n) is 1.96. The van der Waals surface area contributed by atoms with Crippen molar-refractivity contribution in [3.8, 4) is 5.75 Å². The zero-order valence-corrected chi connectivity index (χ0v) is 7.89. The van der Waals surface area contributed by atoms with Crippen LogP contribution >= 0.6 is 0 Å². The molecule has 0 bridgehead atoms. The number of hydrogen-bond acceptors (Lipinski definition) is 1. The van der Waals surface area contributed by atoms with E-state index < -0.39 is 0 Å². The van der Waals surface area contributed by atoms with Gasteiger partial charge in [0.05, 0.1) is 0 Å². The van der Waals surface area contributed by atoms with E-state index in [4.69, 9.17) is 0 Å². The van der Waals surface area contributed by atoms with Crippen LogP contribution in [0.5, 0.6) is 5.75 Å². The zero-order valence-electron chi connectivity index (χ0n) is 7.89. The third-order valence-corrected chi connectivity index (χ3v) is 1.96. The Hall–Kier alpha value is -0.980. The van der Waals surface area contributed by atoms with Crippen LogP contribution in [0.25, 0.3) is 0 Å². The van der Waals surface area contributed by atoms with Crippen molar-refractivity contribution in [2.45, 2.75) is 27.2 Å². The highest BCUT2D eigenvalue weighted by Gasteiger charge is 2.03. The first-order chi connectivity index (χ1) is 5.61. The molecule has 0 saturated heterocycles. The molecule has 1 rings (SSSR count). The second-order valence-electron chi connectivity index (χ2n) is 3.45. The van der Waals surface area contributed by atoms with Crippen molar-refractivity contribution in [2.75, 3.05) is 0 Å². The molecule has 65 valence electrons. The maximum atomic E-state index is 9.40. The van der Waals surface area contributed by atoms with Gasteiger partial charge in [0.25, 0.3) is 0 Å². The van der Waals surface area contributed by atoms with E-state index in [1.807, 2.05) is 13.0 Å². The summed E-state index contributed by atoms with van der Waals surface area (Å²) in [7, 11) is 0. The Balaban J connectivity index is 2.92. The molecule has 0 fully saturated rings. The van der Waals surface area contributed by atoms with Crippen molar-refractivity contribution >= 4 is 0 Å². The molecule has 0 spiro atoms. The zero-order chi connectivity index (χ0) is 9.14. The van der Waals surface area contributed by atoms with Gasteiger partial charge in [-0.2, -0.15) is 0 Å². The molecule has 0 saturated carbocycles. The van der Waals surface area contributed by atoms with E-state index >= 15 is 0 Å². The van der Waals surface area contributed by atoms with Gasteiger partial charge in [-0.1, -0.05) is 26.0 Å². The maximum Gasteiger partial charge on any atom is 0.118 e. The molecule has 1 nitrogen and oxygen atoms in total. The summed E-state index contributed by atoms with van der Waals surface area (Å²) in [5, 5.41) is 9.40. The first kappa shape index (κ1) is 9.11. The van der Waals surface area contributed by atoms with Crippen LogP contribution < -0.4 is 0 Å². The summed E-state index contributed by atoms with van der Waals surface area (Å²) >= 11 is 0. The number of phenols is 1. The number of benzene rings is 1. The first-order valence-corrected chi connectivity index (χ1v) is 4.17. The van der Waals surface area contributed by atoms with Crippen LogP contribution in [-0.2, 0) is 6.42 Å². The minimum absolute atomic E-state index is 0.397. The molecular formula is C11H15O. The fraction of sp³-hybridized carbons (Fsp3) is 0.364. The van der Waals surface area contributed by atoms with Gasteiger partial charge >= 0.3 is 0 Å². The molecule has 0 amide bonds. The van der Waals surface area contributed by atoms with Crippen molar-refractivity contribution in [1.29, 1.82) is 0 Å².